The maximum Gasteiger partial charge on any atom is 0.268 e. The van der Waals surface area contributed by atoms with E-state index in [4.69, 9.17) is 4.74 Å². The third kappa shape index (κ3) is 4.81. The van der Waals surface area contributed by atoms with E-state index in [1.54, 1.807) is 13.2 Å². The molecule has 0 saturated carbocycles. The molecular formula is C19H25N5O2S. The van der Waals surface area contributed by atoms with Crippen molar-refractivity contribution < 1.29 is 9.53 Å². The summed E-state index contributed by atoms with van der Waals surface area (Å²) in [6.45, 7) is 10.6. The minimum atomic E-state index is -0.487. The van der Waals surface area contributed by atoms with Crippen molar-refractivity contribution >= 4 is 28.5 Å². The van der Waals surface area contributed by atoms with Gasteiger partial charge in [0.2, 0.25) is 5.13 Å². The van der Waals surface area contributed by atoms with Crippen LogP contribution in [0.2, 0.25) is 0 Å². The second-order valence-corrected chi connectivity index (χ2v) is 7.73. The van der Waals surface area contributed by atoms with Crippen molar-refractivity contribution in [1.29, 1.82) is 5.26 Å². The van der Waals surface area contributed by atoms with Crippen LogP contribution in [0.1, 0.15) is 54.7 Å². The van der Waals surface area contributed by atoms with Gasteiger partial charge in [0.15, 0.2) is 0 Å². The molecule has 144 valence electrons. The summed E-state index contributed by atoms with van der Waals surface area (Å²) >= 11 is 1.31. The summed E-state index contributed by atoms with van der Waals surface area (Å²) in [7, 11) is 1.67. The number of aryl methyl sites for hydroxylation is 1. The Morgan fingerprint density at radius 2 is 2.11 bits per heavy atom. The second kappa shape index (κ2) is 8.93. The van der Waals surface area contributed by atoms with Gasteiger partial charge in [-0.1, -0.05) is 25.2 Å². The molecule has 0 fully saturated rings. The SMILES string of the molecule is COCC(C)n1c(C)cc(/C=C(\C#N)C(=O)Nc2nnc(C(C)C)s2)c1C. The predicted octanol–water partition coefficient (Wildman–Crippen LogP) is 3.83. The Morgan fingerprint density at radius 1 is 1.41 bits per heavy atom. The number of carbonyl (C=O) groups excluding carboxylic acids is 1. The lowest BCUT2D eigenvalue weighted by molar-refractivity contribution is -0.112. The average Bonchev–Trinajstić information content (AvgIpc) is 3.17. The average molecular weight is 388 g/mol. The fourth-order valence-corrected chi connectivity index (χ4v) is 3.67. The van der Waals surface area contributed by atoms with E-state index in [-0.39, 0.29) is 17.5 Å². The Morgan fingerprint density at radius 3 is 2.67 bits per heavy atom. The van der Waals surface area contributed by atoms with Crippen molar-refractivity contribution in [3.05, 3.63) is 33.6 Å². The fourth-order valence-electron chi connectivity index (χ4n) is 2.93. The molecule has 1 unspecified atom stereocenters. The van der Waals surface area contributed by atoms with Crippen LogP contribution >= 0.6 is 11.3 Å². The normalized spacial score (nSPS) is 12.9. The summed E-state index contributed by atoms with van der Waals surface area (Å²) in [4.78, 5) is 12.5. The van der Waals surface area contributed by atoms with Gasteiger partial charge in [0.25, 0.3) is 5.91 Å². The second-order valence-electron chi connectivity index (χ2n) is 6.72. The van der Waals surface area contributed by atoms with Crippen LogP contribution in [0.15, 0.2) is 11.6 Å². The van der Waals surface area contributed by atoms with Crippen LogP contribution in [0.25, 0.3) is 6.08 Å². The van der Waals surface area contributed by atoms with Crippen LogP contribution in [0.4, 0.5) is 5.13 Å². The third-order valence-corrected chi connectivity index (χ3v) is 5.33. The molecule has 2 heterocycles. The van der Waals surface area contributed by atoms with E-state index < -0.39 is 5.91 Å². The van der Waals surface area contributed by atoms with Gasteiger partial charge >= 0.3 is 0 Å². The van der Waals surface area contributed by atoms with Crippen molar-refractivity contribution in [2.24, 2.45) is 0 Å². The Labute approximate surface area is 163 Å². The summed E-state index contributed by atoms with van der Waals surface area (Å²) in [6.07, 6.45) is 1.61. The smallest absolute Gasteiger partial charge is 0.268 e. The van der Waals surface area contributed by atoms with Gasteiger partial charge in [-0.15, -0.1) is 10.2 Å². The van der Waals surface area contributed by atoms with E-state index in [1.807, 2.05) is 39.8 Å². The first-order valence-corrected chi connectivity index (χ1v) is 9.54. The van der Waals surface area contributed by atoms with Crippen LogP contribution in [0.3, 0.4) is 0 Å². The molecule has 2 rings (SSSR count). The molecule has 0 aliphatic heterocycles. The van der Waals surface area contributed by atoms with Crippen molar-refractivity contribution in [3.63, 3.8) is 0 Å². The molecule has 0 saturated heterocycles. The van der Waals surface area contributed by atoms with Crippen molar-refractivity contribution in [2.45, 2.75) is 46.6 Å². The Bertz CT molecular complexity index is 889. The fraction of sp³-hybridized carbons (Fsp3) is 0.474. The highest BCUT2D eigenvalue weighted by molar-refractivity contribution is 7.15. The number of hydrogen-bond donors (Lipinski definition) is 1. The summed E-state index contributed by atoms with van der Waals surface area (Å²) in [5, 5.41) is 21.3. The number of anilines is 1. The van der Waals surface area contributed by atoms with E-state index in [0.29, 0.717) is 11.7 Å². The zero-order valence-electron chi connectivity index (χ0n) is 16.5. The van der Waals surface area contributed by atoms with E-state index in [9.17, 15) is 10.1 Å². The first-order chi connectivity index (χ1) is 12.8. The van der Waals surface area contributed by atoms with Crippen LogP contribution in [0.5, 0.6) is 0 Å². The molecule has 1 atom stereocenters. The Kier molecular flexibility index (Phi) is 6.88. The molecule has 1 N–H and O–H groups in total. The monoisotopic (exact) mass is 387 g/mol. The van der Waals surface area contributed by atoms with E-state index in [0.717, 1.165) is 22.0 Å². The van der Waals surface area contributed by atoms with E-state index in [2.05, 4.69) is 27.0 Å². The number of aromatic nitrogens is 3. The minimum absolute atomic E-state index is 0.0240. The molecule has 27 heavy (non-hydrogen) atoms. The molecule has 0 radical (unpaired) electrons. The first kappa shape index (κ1) is 20.8. The van der Waals surface area contributed by atoms with Crippen LogP contribution in [-0.2, 0) is 9.53 Å². The molecule has 2 aromatic heterocycles. The lowest BCUT2D eigenvalue weighted by Crippen LogP contribution is -2.14. The number of amides is 1. The zero-order chi connectivity index (χ0) is 20.1. The molecular weight excluding hydrogens is 362 g/mol. The summed E-state index contributed by atoms with van der Waals surface area (Å²) in [5.41, 5.74) is 2.89. The van der Waals surface area contributed by atoms with Gasteiger partial charge in [0, 0.05) is 24.4 Å². The lowest BCUT2D eigenvalue weighted by atomic mass is 10.1. The van der Waals surface area contributed by atoms with Crippen molar-refractivity contribution in [1.82, 2.24) is 14.8 Å². The van der Waals surface area contributed by atoms with Crippen LogP contribution in [-0.4, -0.2) is 34.4 Å². The predicted molar refractivity (Wildman–Crippen MR) is 107 cm³/mol. The molecule has 8 heteroatoms. The molecule has 0 aliphatic carbocycles. The number of rotatable bonds is 7. The molecule has 0 spiro atoms. The summed E-state index contributed by atoms with van der Waals surface area (Å²) in [6, 6.07) is 4.11. The van der Waals surface area contributed by atoms with Crippen LogP contribution < -0.4 is 5.32 Å². The van der Waals surface area contributed by atoms with Gasteiger partial charge in [0.05, 0.1) is 12.6 Å². The topological polar surface area (TPSA) is 92.8 Å². The minimum Gasteiger partial charge on any atom is -0.383 e. The highest BCUT2D eigenvalue weighted by atomic mass is 32.1. The van der Waals surface area contributed by atoms with E-state index >= 15 is 0 Å². The maximum atomic E-state index is 12.5. The van der Waals surface area contributed by atoms with Gasteiger partial charge in [0.1, 0.15) is 16.6 Å². The molecule has 7 nitrogen and oxygen atoms in total. The number of nitrogens with one attached hydrogen (secondary N) is 1. The Hall–Kier alpha value is -2.50. The van der Waals surface area contributed by atoms with Crippen molar-refractivity contribution in [2.75, 3.05) is 19.0 Å². The maximum absolute atomic E-state index is 12.5. The zero-order valence-corrected chi connectivity index (χ0v) is 17.3. The standard InChI is InChI=1S/C19H25N5O2S/c1-11(2)18-22-23-19(27-18)21-17(25)16(9-20)8-15-7-12(3)24(14(15)5)13(4)10-26-6/h7-8,11,13H,10H2,1-6H3,(H,21,23,25)/b16-8+. The van der Waals surface area contributed by atoms with Gasteiger partial charge < -0.3 is 9.30 Å². The van der Waals surface area contributed by atoms with E-state index in [1.165, 1.54) is 11.3 Å². The number of ether oxygens (including phenoxy) is 1. The number of hydrogen-bond acceptors (Lipinski definition) is 6. The number of nitriles is 1. The third-order valence-electron chi connectivity index (χ3n) is 4.19. The van der Waals surface area contributed by atoms with Gasteiger partial charge in [-0.2, -0.15) is 5.26 Å². The molecule has 2 aromatic rings. The quantitative estimate of drug-likeness (QED) is 0.576. The molecule has 0 aromatic carbocycles. The summed E-state index contributed by atoms with van der Waals surface area (Å²) < 4.78 is 7.38. The van der Waals surface area contributed by atoms with Gasteiger partial charge in [-0.05, 0) is 38.5 Å². The van der Waals surface area contributed by atoms with Gasteiger partial charge in [-0.25, -0.2) is 0 Å². The molecule has 1 amide bonds. The largest absolute Gasteiger partial charge is 0.383 e. The molecule has 0 aliphatic rings. The molecule has 0 bridgehead atoms. The van der Waals surface area contributed by atoms with Gasteiger partial charge in [-0.3, -0.25) is 10.1 Å². The number of methoxy groups -OCH3 is 1. The van der Waals surface area contributed by atoms with Crippen LogP contribution in [0, 0.1) is 25.2 Å². The number of carbonyl (C=O) groups is 1. The first-order valence-electron chi connectivity index (χ1n) is 8.72. The highest BCUT2D eigenvalue weighted by Gasteiger charge is 2.17. The Balaban J connectivity index is 2.26. The highest BCUT2D eigenvalue weighted by Crippen LogP contribution is 2.25. The summed E-state index contributed by atoms with van der Waals surface area (Å²) in [5.74, 6) is -0.252. The number of nitrogens with zero attached hydrogens (tertiary/aromatic N) is 4. The lowest BCUT2D eigenvalue weighted by Gasteiger charge is -2.17. The van der Waals surface area contributed by atoms with Crippen molar-refractivity contribution in [3.8, 4) is 6.07 Å².